The highest BCUT2D eigenvalue weighted by atomic mass is 19.2. The summed E-state index contributed by atoms with van der Waals surface area (Å²) in [4.78, 5) is 8.85. The fourth-order valence-corrected chi connectivity index (χ4v) is 1.06. The lowest BCUT2D eigenvalue weighted by atomic mass is 10.1. The molecule has 1 rings (SSSR count). The van der Waals surface area contributed by atoms with Crippen molar-refractivity contribution in [2.45, 2.75) is 6.92 Å². The van der Waals surface area contributed by atoms with Crippen LogP contribution in [-0.4, -0.2) is 4.92 Å². The third-order valence-electron chi connectivity index (χ3n) is 1.83. The Hall–Kier alpha value is -2.10. The van der Waals surface area contributed by atoms with Crippen LogP contribution in [-0.2, 0) is 0 Å². The molecule has 0 fully saturated rings. The Balaban J connectivity index is 3.76. The van der Waals surface area contributed by atoms with Crippen LogP contribution in [0, 0.1) is 45.8 Å². The third-order valence-corrected chi connectivity index (χ3v) is 1.83. The second-order valence-electron chi connectivity index (χ2n) is 2.66. The molecule has 0 aromatic heterocycles. The van der Waals surface area contributed by atoms with Crippen molar-refractivity contribution in [2.24, 2.45) is 0 Å². The van der Waals surface area contributed by atoms with Crippen molar-refractivity contribution >= 4 is 5.69 Å². The highest BCUT2D eigenvalue weighted by Crippen LogP contribution is 2.29. The summed E-state index contributed by atoms with van der Waals surface area (Å²) in [5, 5.41) is 18.6. The molecule has 0 spiro atoms. The lowest BCUT2D eigenvalue weighted by Crippen LogP contribution is -2.05. The van der Waals surface area contributed by atoms with E-state index in [1.807, 2.05) is 0 Å². The van der Waals surface area contributed by atoms with Crippen molar-refractivity contribution in [2.75, 3.05) is 0 Å². The van der Waals surface area contributed by atoms with E-state index in [4.69, 9.17) is 5.26 Å². The van der Waals surface area contributed by atoms with E-state index < -0.39 is 39.2 Å². The maximum absolute atomic E-state index is 13.1. The van der Waals surface area contributed by atoms with Crippen LogP contribution in [0.3, 0.4) is 0 Å². The number of nitriles is 1. The number of nitrogens with zero attached hydrogens (tertiary/aromatic N) is 2. The molecular formula is C8H3F3N2O2. The molecule has 0 saturated carbocycles. The Kier molecular flexibility index (Phi) is 2.61. The first-order valence-corrected chi connectivity index (χ1v) is 3.63. The number of rotatable bonds is 1. The van der Waals surface area contributed by atoms with Gasteiger partial charge in [0.25, 0.3) is 0 Å². The van der Waals surface area contributed by atoms with Gasteiger partial charge in [-0.15, -0.1) is 0 Å². The standard InChI is InChI=1S/C8H3F3N2O2/c1-3-4(2-12)6(10)7(11)8(5(3)9)13(14)15/h1H3. The predicted octanol–water partition coefficient (Wildman–Crippen LogP) is 2.19. The van der Waals surface area contributed by atoms with E-state index in [9.17, 15) is 23.3 Å². The summed E-state index contributed by atoms with van der Waals surface area (Å²) in [5.74, 6) is -5.20. The Morgan fingerprint density at radius 1 is 1.27 bits per heavy atom. The molecule has 0 aliphatic heterocycles. The van der Waals surface area contributed by atoms with Gasteiger partial charge in [-0.2, -0.15) is 14.0 Å². The summed E-state index contributed by atoms with van der Waals surface area (Å²) in [5.41, 5.74) is -3.03. The van der Waals surface area contributed by atoms with Crippen molar-refractivity contribution in [3.8, 4) is 6.07 Å². The van der Waals surface area contributed by atoms with Crippen molar-refractivity contribution in [3.63, 3.8) is 0 Å². The number of halogens is 3. The quantitative estimate of drug-likeness (QED) is 0.410. The third kappa shape index (κ3) is 1.50. The molecule has 0 aliphatic carbocycles. The minimum Gasteiger partial charge on any atom is -0.258 e. The highest BCUT2D eigenvalue weighted by molar-refractivity contribution is 5.48. The molecule has 1 aromatic carbocycles. The minimum atomic E-state index is -1.96. The van der Waals surface area contributed by atoms with Gasteiger partial charge in [0.2, 0.25) is 11.6 Å². The van der Waals surface area contributed by atoms with Crippen LogP contribution in [0.1, 0.15) is 11.1 Å². The Morgan fingerprint density at radius 3 is 2.20 bits per heavy atom. The molecule has 0 unspecified atom stereocenters. The lowest BCUT2D eigenvalue weighted by Gasteiger charge is -2.03. The molecule has 4 nitrogen and oxygen atoms in total. The summed E-state index contributed by atoms with van der Waals surface area (Å²) in [6.45, 7) is 0.962. The zero-order chi connectivity index (χ0) is 11.7. The Labute approximate surface area is 81.7 Å². The molecule has 0 amide bonds. The summed E-state index contributed by atoms with van der Waals surface area (Å²) in [6.07, 6.45) is 0. The summed E-state index contributed by atoms with van der Waals surface area (Å²) in [6, 6.07) is 1.23. The van der Waals surface area contributed by atoms with Crippen molar-refractivity contribution in [1.29, 1.82) is 5.26 Å². The molecule has 7 heteroatoms. The number of nitro benzene ring substituents is 1. The van der Waals surface area contributed by atoms with Gasteiger partial charge in [0, 0.05) is 5.56 Å². The molecule has 0 N–H and O–H groups in total. The number of benzene rings is 1. The SMILES string of the molecule is Cc1c(F)c([N+](=O)[O-])c(F)c(F)c1C#N. The largest absolute Gasteiger partial charge is 0.343 e. The van der Waals surface area contributed by atoms with Crippen LogP contribution >= 0.6 is 0 Å². The average molecular weight is 216 g/mol. The normalized spacial score (nSPS) is 9.80. The van der Waals surface area contributed by atoms with E-state index in [0.29, 0.717) is 0 Å². The first-order valence-electron chi connectivity index (χ1n) is 3.63. The van der Waals surface area contributed by atoms with Gasteiger partial charge in [-0.1, -0.05) is 0 Å². The molecule has 15 heavy (non-hydrogen) atoms. The van der Waals surface area contributed by atoms with Gasteiger partial charge in [0.05, 0.1) is 10.5 Å². The molecule has 0 radical (unpaired) electrons. The molecule has 0 bridgehead atoms. The lowest BCUT2D eigenvalue weighted by molar-refractivity contribution is -0.390. The van der Waals surface area contributed by atoms with Crippen LogP contribution in [0.25, 0.3) is 0 Å². The number of hydrogen-bond acceptors (Lipinski definition) is 3. The highest BCUT2D eigenvalue weighted by Gasteiger charge is 2.30. The fraction of sp³-hybridized carbons (Fsp3) is 0.125. The van der Waals surface area contributed by atoms with Gasteiger partial charge < -0.3 is 0 Å². The fourth-order valence-electron chi connectivity index (χ4n) is 1.06. The van der Waals surface area contributed by atoms with Crippen LogP contribution < -0.4 is 0 Å². The first-order chi connectivity index (χ1) is 6.91. The maximum atomic E-state index is 13.1. The van der Waals surface area contributed by atoms with Crippen molar-refractivity contribution in [3.05, 3.63) is 38.7 Å². The molecular weight excluding hydrogens is 213 g/mol. The van der Waals surface area contributed by atoms with Crippen LogP contribution in [0.2, 0.25) is 0 Å². The van der Waals surface area contributed by atoms with E-state index in [2.05, 4.69) is 0 Å². The van der Waals surface area contributed by atoms with E-state index in [1.165, 1.54) is 6.07 Å². The number of nitro groups is 1. The topological polar surface area (TPSA) is 66.9 Å². The molecule has 0 aliphatic rings. The van der Waals surface area contributed by atoms with Crippen LogP contribution in [0.4, 0.5) is 18.9 Å². The first kappa shape index (κ1) is 11.0. The average Bonchev–Trinajstić information content (AvgIpc) is 2.16. The van der Waals surface area contributed by atoms with E-state index >= 15 is 0 Å². The van der Waals surface area contributed by atoms with Gasteiger partial charge in [-0.05, 0) is 6.92 Å². The Bertz CT molecular complexity index is 465. The molecule has 78 valence electrons. The zero-order valence-corrected chi connectivity index (χ0v) is 7.34. The van der Waals surface area contributed by atoms with E-state index in [0.717, 1.165) is 6.92 Å². The summed E-state index contributed by atoms with van der Waals surface area (Å²) < 4.78 is 39.1. The zero-order valence-electron chi connectivity index (χ0n) is 7.34. The van der Waals surface area contributed by atoms with Crippen LogP contribution in [0.15, 0.2) is 0 Å². The smallest absolute Gasteiger partial charge is 0.258 e. The molecule has 0 heterocycles. The summed E-state index contributed by atoms with van der Waals surface area (Å²) in [7, 11) is 0. The van der Waals surface area contributed by atoms with E-state index in [1.54, 1.807) is 0 Å². The molecule has 1 aromatic rings. The minimum absolute atomic E-state index is 0.580. The van der Waals surface area contributed by atoms with Gasteiger partial charge >= 0.3 is 5.69 Å². The van der Waals surface area contributed by atoms with Gasteiger partial charge in [0.15, 0.2) is 5.82 Å². The van der Waals surface area contributed by atoms with Gasteiger partial charge in [0.1, 0.15) is 6.07 Å². The number of hydrogen-bond donors (Lipinski definition) is 0. The van der Waals surface area contributed by atoms with Crippen LogP contribution in [0.5, 0.6) is 0 Å². The second-order valence-corrected chi connectivity index (χ2v) is 2.66. The van der Waals surface area contributed by atoms with Gasteiger partial charge in [-0.3, -0.25) is 10.1 Å². The Morgan fingerprint density at radius 2 is 1.80 bits per heavy atom. The van der Waals surface area contributed by atoms with Crippen molar-refractivity contribution in [1.82, 2.24) is 0 Å². The predicted molar refractivity (Wildman–Crippen MR) is 42.4 cm³/mol. The van der Waals surface area contributed by atoms with E-state index in [-0.39, 0.29) is 0 Å². The van der Waals surface area contributed by atoms with Gasteiger partial charge in [-0.25, -0.2) is 4.39 Å². The molecule has 0 saturated heterocycles. The maximum Gasteiger partial charge on any atom is 0.343 e. The summed E-state index contributed by atoms with van der Waals surface area (Å²) >= 11 is 0. The molecule has 0 atom stereocenters. The monoisotopic (exact) mass is 216 g/mol. The second kappa shape index (κ2) is 3.57. The van der Waals surface area contributed by atoms with Crippen molar-refractivity contribution < 1.29 is 18.1 Å².